The topological polar surface area (TPSA) is 50.4 Å². The number of hydrogen-bond acceptors (Lipinski definition) is 3. The number of fused-ring (bicyclic) bond motifs is 1. The fourth-order valence-electron chi connectivity index (χ4n) is 3.18. The van der Waals surface area contributed by atoms with E-state index in [0.29, 0.717) is 5.92 Å². The van der Waals surface area contributed by atoms with Crippen molar-refractivity contribution in [3.63, 3.8) is 0 Å². The van der Waals surface area contributed by atoms with E-state index in [1.165, 1.54) is 29.5 Å². The van der Waals surface area contributed by atoms with Crippen LogP contribution in [0.15, 0.2) is 30.5 Å². The van der Waals surface area contributed by atoms with Gasteiger partial charge in [-0.2, -0.15) is 0 Å². The molecular formula is C19H21N3O. The van der Waals surface area contributed by atoms with Crippen molar-refractivity contribution in [1.29, 1.82) is 0 Å². The Morgan fingerprint density at radius 3 is 2.70 bits per heavy atom. The van der Waals surface area contributed by atoms with Gasteiger partial charge >= 0.3 is 0 Å². The van der Waals surface area contributed by atoms with Crippen LogP contribution in [0.25, 0.3) is 5.65 Å². The molecule has 0 atom stereocenters. The number of pyridine rings is 1. The lowest BCUT2D eigenvalue weighted by molar-refractivity contribution is 0.281. The lowest BCUT2D eigenvalue weighted by Crippen LogP contribution is -1.99. The van der Waals surface area contributed by atoms with Crippen LogP contribution in [0.1, 0.15) is 52.4 Å². The lowest BCUT2D eigenvalue weighted by atomic mass is 9.98. The molecule has 0 spiro atoms. The highest BCUT2D eigenvalue weighted by molar-refractivity contribution is 5.52. The largest absolute Gasteiger partial charge is 0.392 e. The summed E-state index contributed by atoms with van der Waals surface area (Å²) in [4.78, 5) is 0. The Labute approximate surface area is 135 Å². The first-order valence-corrected chi connectivity index (χ1v) is 8.19. The Hall–Kier alpha value is -2.20. The predicted octanol–water partition coefficient (Wildman–Crippen LogP) is 3.31. The summed E-state index contributed by atoms with van der Waals surface area (Å²) in [6.07, 6.45) is 5.41. The van der Waals surface area contributed by atoms with E-state index in [1.807, 2.05) is 6.92 Å². The molecule has 2 heterocycles. The van der Waals surface area contributed by atoms with Gasteiger partial charge in [-0.05, 0) is 67.0 Å². The molecule has 118 valence electrons. The summed E-state index contributed by atoms with van der Waals surface area (Å²) in [6.45, 7) is 4.24. The summed E-state index contributed by atoms with van der Waals surface area (Å²) >= 11 is 0. The van der Waals surface area contributed by atoms with Crippen molar-refractivity contribution in [2.75, 3.05) is 0 Å². The Kier molecular flexibility index (Phi) is 3.42. The summed E-state index contributed by atoms with van der Waals surface area (Å²) in [5.41, 5.74) is 6.78. The second-order valence-corrected chi connectivity index (χ2v) is 6.59. The average Bonchev–Trinajstić information content (AvgIpc) is 3.31. The fourth-order valence-corrected chi connectivity index (χ4v) is 3.18. The fraction of sp³-hybridized carbons (Fsp3) is 0.368. The summed E-state index contributed by atoms with van der Waals surface area (Å²) < 4.78 is 2.14. The third-order valence-electron chi connectivity index (χ3n) is 4.89. The molecular weight excluding hydrogens is 286 g/mol. The summed E-state index contributed by atoms with van der Waals surface area (Å²) in [6, 6.07) is 8.49. The maximum atomic E-state index is 9.44. The van der Waals surface area contributed by atoms with Crippen molar-refractivity contribution >= 4 is 5.65 Å². The van der Waals surface area contributed by atoms with Gasteiger partial charge in [0.05, 0.1) is 6.61 Å². The van der Waals surface area contributed by atoms with Crippen LogP contribution in [-0.2, 0) is 13.0 Å². The van der Waals surface area contributed by atoms with Crippen LogP contribution in [0.4, 0.5) is 0 Å². The Balaban J connectivity index is 1.70. The van der Waals surface area contributed by atoms with Crippen molar-refractivity contribution in [2.24, 2.45) is 0 Å². The molecule has 1 aliphatic rings. The number of rotatable bonds is 4. The second kappa shape index (κ2) is 5.46. The van der Waals surface area contributed by atoms with Crippen LogP contribution < -0.4 is 0 Å². The molecule has 23 heavy (non-hydrogen) atoms. The molecule has 0 amide bonds. The Morgan fingerprint density at radius 2 is 1.96 bits per heavy atom. The molecule has 0 saturated heterocycles. The first-order valence-electron chi connectivity index (χ1n) is 8.19. The quantitative estimate of drug-likeness (QED) is 0.804. The number of benzene rings is 1. The van der Waals surface area contributed by atoms with Crippen LogP contribution in [0.5, 0.6) is 0 Å². The molecule has 1 fully saturated rings. The SMILES string of the molecule is Cc1ccc(Cc2ccn3c(C4CC4)nnc3c2C)cc1CO. The number of aryl methyl sites for hydroxylation is 2. The van der Waals surface area contributed by atoms with Gasteiger partial charge in [0.25, 0.3) is 0 Å². The lowest BCUT2D eigenvalue weighted by Gasteiger charge is -2.10. The molecule has 0 aliphatic heterocycles. The number of nitrogens with zero attached hydrogens (tertiary/aromatic N) is 3. The zero-order valence-electron chi connectivity index (χ0n) is 13.6. The molecule has 1 saturated carbocycles. The Morgan fingerprint density at radius 1 is 1.13 bits per heavy atom. The summed E-state index contributed by atoms with van der Waals surface area (Å²) in [5.74, 6) is 1.70. The van der Waals surface area contributed by atoms with E-state index >= 15 is 0 Å². The van der Waals surface area contributed by atoms with Crippen LogP contribution in [0.3, 0.4) is 0 Å². The zero-order chi connectivity index (χ0) is 16.0. The van der Waals surface area contributed by atoms with Crippen LogP contribution >= 0.6 is 0 Å². The highest BCUT2D eigenvalue weighted by Crippen LogP contribution is 2.39. The maximum Gasteiger partial charge on any atom is 0.163 e. The van der Waals surface area contributed by atoms with Crippen LogP contribution in [0, 0.1) is 13.8 Å². The van der Waals surface area contributed by atoms with Gasteiger partial charge in [-0.3, -0.25) is 4.40 Å². The normalized spacial score (nSPS) is 14.6. The third-order valence-corrected chi connectivity index (χ3v) is 4.89. The molecule has 0 bridgehead atoms. The van der Waals surface area contributed by atoms with Gasteiger partial charge in [-0.1, -0.05) is 18.2 Å². The molecule has 1 aliphatic carbocycles. The molecule has 0 radical (unpaired) electrons. The van der Waals surface area contributed by atoms with Gasteiger partial charge in [0, 0.05) is 12.1 Å². The van der Waals surface area contributed by atoms with E-state index in [4.69, 9.17) is 0 Å². The van der Waals surface area contributed by atoms with Crippen molar-refractivity contribution < 1.29 is 5.11 Å². The van der Waals surface area contributed by atoms with Crippen molar-refractivity contribution in [3.8, 4) is 0 Å². The van der Waals surface area contributed by atoms with E-state index in [1.54, 1.807) is 0 Å². The van der Waals surface area contributed by atoms with E-state index in [0.717, 1.165) is 29.0 Å². The van der Waals surface area contributed by atoms with Gasteiger partial charge in [0.1, 0.15) is 5.82 Å². The second-order valence-electron chi connectivity index (χ2n) is 6.59. The highest BCUT2D eigenvalue weighted by atomic mass is 16.3. The number of aliphatic hydroxyl groups excluding tert-OH is 1. The molecule has 1 aromatic carbocycles. The minimum atomic E-state index is 0.0899. The van der Waals surface area contributed by atoms with Crippen molar-refractivity contribution in [3.05, 3.63) is 64.1 Å². The summed E-state index contributed by atoms with van der Waals surface area (Å²) in [7, 11) is 0. The van der Waals surface area contributed by atoms with Gasteiger partial charge in [0.2, 0.25) is 0 Å². The van der Waals surface area contributed by atoms with Gasteiger partial charge in [-0.15, -0.1) is 10.2 Å². The van der Waals surface area contributed by atoms with E-state index in [-0.39, 0.29) is 6.61 Å². The summed E-state index contributed by atoms with van der Waals surface area (Å²) in [5, 5.41) is 18.2. The maximum absolute atomic E-state index is 9.44. The minimum Gasteiger partial charge on any atom is -0.392 e. The monoisotopic (exact) mass is 307 g/mol. The Bertz CT molecular complexity index is 878. The molecule has 0 unspecified atom stereocenters. The molecule has 4 rings (SSSR count). The highest BCUT2D eigenvalue weighted by Gasteiger charge is 2.28. The molecule has 3 aromatic rings. The predicted molar refractivity (Wildman–Crippen MR) is 89.6 cm³/mol. The molecule has 4 nitrogen and oxygen atoms in total. The van der Waals surface area contributed by atoms with Crippen molar-refractivity contribution in [2.45, 2.75) is 45.6 Å². The smallest absolute Gasteiger partial charge is 0.163 e. The van der Waals surface area contributed by atoms with Gasteiger partial charge in [-0.25, -0.2) is 0 Å². The standard InChI is InChI=1S/C19H21N3O/c1-12-3-4-14(10-17(12)11-23)9-16-7-8-22-18(13(16)2)20-21-19(22)15-5-6-15/h3-4,7-8,10,15,23H,5-6,9,11H2,1-2H3. The van der Waals surface area contributed by atoms with E-state index in [9.17, 15) is 5.11 Å². The third kappa shape index (κ3) is 2.53. The number of aliphatic hydroxyl groups is 1. The first kappa shape index (κ1) is 14.4. The van der Waals surface area contributed by atoms with Gasteiger partial charge in [0.15, 0.2) is 5.65 Å². The average molecular weight is 307 g/mol. The molecule has 4 heteroatoms. The van der Waals surface area contributed by atoms with Crippen LogP contribution in [-0.4, -0.2) is 19.7 Å². The van der Waals surface area contributed by atoms with Gasteiger partial charge < -0.3 is 5.11 Å². The zero-order valence-corrected chi connectivity index (χ0v) is 13.6. The molecule has 1 N–H and O–H groups in total. The van der Waals surface area contributed by atoms with Crippen molar-refractivity contribution in [1.82, 2.24) is 14.6 Å². The number of hydrogen-bond donors (Lipinski definition) is 1. The van der Waals surface area contributed by atoms with Crippen LogP contribution in [0.2, 0.25) is 0 Å². The van der Waals surface area contributed by atoms with E-state index in [2.05, 4.69) is 52.0 Å². The minimum absolute atomic E-state index is 0.0899. The number of aromatic nitrogens is 3. The first-order chi connectivity index (χ1) is 11.2. The van der Waals surface area contributed by atoms with E-state index < -0.39 is 0 Å². The molecule has 2 aromatic heterocycles.